The summed E-state index contributed by atoms with van der Waals surface area (Å²) in [6, 6.07) is 24.4. The SMILES string of the molecule is O=C(Nc1ccc(-c2ccccc2)cc1)N1CCN(c2ccc(F)cc2)CC1. The van der Waals surface area contributed by atoms with E-state index in [9.17, 15) is 9.18 Å². The first-order chi connectivity index (χ1) is 13.7. The lowest BCUT2D eigenvalue weighted by molar-refractivity contribution is 0.208. The van der Waals surface area contributed by atoms with E-state index >= 15 is 0 Å². The summed E-state index contributed by atoms with van der Waals surface area (Å²) in [5.74, 6) is -0.236. The molecule has 3 aromatic rings. The number of piperazine rings is 1. The Balaban J connectivity index is 1.32. The summed E-state index contributed by atoms with van der Waals surface area (Å²) in [6.45, 7) is 2.72. The molecule has 0 aromatic heterocycles. The molecule has 1 N–H and O–H groups in total. The molecule has 1 fully saturated rings. The number of amides is 2. The number of anilines is 2. The van der Waals surface area contributed by atoms with Crippen molar-refractivity contribution in [3.8, 4) is 11.1 Å². The highest BCUT2D eigenvalue weighted by atomic mass is 19.1. The molecule has 142 valence electrons. The zero-order valence-corrected chi connectivity index (χ0v) is 15.5. The van der Waals surface area contributed by atoms with Crippen molar-refractivity contribution >= 4 is 17.4 Å². The number of hydrogen-bond acceptors (Lipinski definition) is 2. The second-order valence-corrected chi connectivity index (χ2v) is 6.82. The van der Waals surface area contributed by atoms with Gasteiger partial charge in [-0.2, -0.15) is 0 Å². The molecule has 3 aromatic carbocycles. The Bertz CT molecular complexity index is 918. The monoisotopic (exact) mass is 375 g/mol. The van der Waals surface area contributed by atoms with Gasteiger partial charge in [-0.3, -0.25) is 0 Å². The van der Waals surface area contributed by atoms with E-state index in [2.05, 4.69) is 22.3 Å². The minimum absolute atomic E-state index is 0.0915. The Hall–Kier alpha value is -3.34. The highest BCUT2D eigenvalue weighted by Crippen LogP contribution is 2.22. The van der Waals surface area contributed by atoms with Crippen LogP contribution in [-0.2, 0) is 0 Å². The second kappa shape index (κ2) is 8.13. The van der Waals surface area contributed by atoms with Crippen LogP contribution in [-0.4, -0.2) is 37.1 Å². The van der Waals surface area contributed by atoms with Crippen molar-refractivity contribution in [2.75, 3.05) is 36.4 Å². The van der Waals surface area contributed by atoms with Gasteiger partial charge in [0.2, 0.25) is 0 Å². The molecule has 0 unspecified atom stereocenters. The topological polar surface area (TPSA) is 35.6 Å². The van der Waals surface area contributed by atoms with Crippen molar-refractivity contribution in [3.05, 3.63) is 84.7 Å². The molecule has 0 saturated carbocycles. The van der Waals surface area contributed by atoms with Crippen LogP contribution >= 0.6 is 0 Å². The number of urea groups is 1. The summed E-state index contributed by atoms with van der Waals surface area (Å²) in [6.07, 6.45) is 0. The molecule has 0 atom stereocenters. The lowest BCUT2D eigenvalue weighted by Crippen LogP contribution is -2.50. The van der Waals surface area contributed by atoms with Gasteiger partial charge in [-0.25, -0.2) is 9.18 Å². The second-order valence-electron chi connectivity index (χ2n) is 6.82. The number of rotatable bonds is 3. The predicted octanol–water partition coefficient (Wildman–Crippen LogP) is 4.85. The minimum Gasteiger partial charge on any atom is -0.368 e. The molecule has 5 heteroatoms. The Labute approximate surface area is 164 Å². The van der Waals surface area contributed by atoms with Crippen LogP contribution in [0.4, 0.5) is 20.6 Å². The third-order valence-electron chi connectivity index (χ3n) is 5.00. The van der Waals surface area contributed by atoms with Crippen molar-refractivity contribution in [1.29, 1.82) is 0 Å². The smallest absolute Gasteiger partial charge is 0.321 e. The molecule has 0 radical (unpaired) electrons. The molecule has 0 spiro atoms. The van der Waals surface area contributed by atoms with Crippen molar-refractivity contribution in [3.63, 3.8) is 0 Å². The van der Waals surface area contributed by atoms with Gasteiger partial charge < -0.3 is 15.1 Å². The minimum atomic E-state index is -0.236. The number of nitrogens with zero attached hydrogens (tertiary/aromatic N) is 2. The van der Waals surface area contributed by atoms with Crippen molar-refractivity contribution in [2.45, 2.75) is 0 Å². The van der Waals surface area contributed by atoms with Crippen LogP contribution < -0.4 is 10.2 Å². The van der Waals surface area contributed by atoms with Crippen LogP contribution in [0.15, 0.2) is 78.9 Å². The van der Waals surface area contributed by atoms with Crippen molar-refractivity contribution in [1.82, 2.24) is 4.90 Å². The molecular weight excluding hydrogens is 353 g/mol. The Kier molecular flexibility index (Phi) is 5.24. The first kappa shape index (κ1) is 18.0. The van der Waals surface area contributed by atoms with Gasteiger partial charge in [0.1, 0.15) is 5.82 Å². The maximum Gasteiger partial charge on any atom is 0.321 e. The van der Waals surface area contributed by atoms with Gasteiger partial charge in [0.25, 0.3) is 0 Å². The first-order valence-electron chi connectivity index (χ1n) is 9.41. The van der Waals surface area contributed by atoms with Crippen LogP contribution in [0.1, 0.15) is 0 Å². The number of benzene rings is 3. The van der Waals surface area contributed by atoms with Crippen LogP contribution in [0.5, 0.6) is 0 Å². The molecule has 28 heavy (non-hydrogen) atoms. The summed E-state index contributed by atoms with van der Waals surface area (Å²) in [4.78, 5) is 16.5. The van der Waals surface area contributed by atoms with E-state index in [0.29, 0.717) is 13.1 Å². The largest absolute Gasteiger partial charge is 0.368 e. The van der Waals surface area contributed by atoms with Crippen LogP contribution in [0.2, 0.25) is 0 Å². The molecular formula is C23H22FN3O. The molecule has 2 amide bonds. The Morgan fingerprint density at radius 1 is 0.750 bits per heavy atom. The molecule has 1 aliphatic rings. The molecule has 0 bridgehead atoms. The number of halogens is 1. The van der Waals surface area contributed by atoms with Gasteiger partial charge in [0.05, 0.1) is 0 Å². The summed E-state index contributed by atoms with van der Waals surface area (Å²) < 4.78 is 13.1. The summed E-state index contributed by atoms with van der Waals surface area (Å²) >= 11 is 0. The van der Waals surface area contributed by atoms with E-state index in [4.69, 9.17) is 0 Å². The zero-order chi connectivity index (χ0) is 19.3. The summed E-state index contributed by atoms with van der Waals surface area (Å²) in [5.41, 5.74) is 4.03. The fraction of sp³-hybridized carbons (Fsp3) is 0.174. The van der Waals surface area contributed by atoms with E-state index in [1.165, 1.54) is 12.1 Å². The maximum atomic E-state index is 13.1. The molecule has 1 saturated heterocycles. The molecule has 0 aliphatic carbocycles. The first-order valence-corrected chi connectivity index (χ1v) is 9.41. The number of nitrogens with one attached hydrogen (secondary N) is 1. The number of carbonyl (C=O) groups excluding carboxylic acids is 1. The van der Waals surface area contributed by atoms with E-state index in [1.54, 1.807) is 12.1 Å². The molecule has 4 nitrogen and oxygen atoms in total. The highest BCUT2D eigenvalue weighted by molar-refractivity contribution is 5.89. The maximum absolute atomic E-state index is 13.1. The molecule has 1 heterocycles. The Morgan fingerprint density at radius 2 is 1.36 bits per heavy atom. The standard InChI is InChI=1S/C23H22FN3O/c24-20-8-12-22(13-9-20)26-14-16-27(17-15-26)23(28)25-21-10-6-19(7-11-21)18-4-2-1-3-5-18/h1-13H,14-17H2,(H,25,28). The fourth-order valence-electron chi connectivity index (χ4n) is 3.40. The quantitative estimate of drug-likeness (QED) is 0.711. The van der Waals surface area contributed by atoms with E-state index in [1.807, 2.05) is 47.4 Å². The molecule has 4 rings (SSSR count). The zero-order valence-electron chi connectivity index (χ0n) is 15.5. The fourth-order valence-corrected chi connectivity index (χ4v) is 3.40. The van der Waals surface area contributed by atoms with E-state index in [-0.39, 0.29) is 11.8 Å². The van der Waals surface area contributed by atoms with Gasteiger partial charge >= 0.3 is 6.03 Å². The van der Waals surface area contributed by atoms with E-state index in [0.717, 1.165) is 35.6 Å². The average molecular weight is 375 g/mol. The lowest BCUT2D eigenvalue weighted by Gasteiger charge is -2.36. The van der Waals surface area contributed by atoms with Crippen LogP contribution in [0.3, 0.4) is 0 Å². The summed E-state index contributed by atoms with van der Waals surface area (Å²) in [7, 11) is 0. The Morgan fingerprint density at radius 3 is 2.00 bits per heavy atom. The van der Waals surface area contributed by atoms with Gasteiger partial charge in [-0.05, 0) is 47.5 Å². The van der Waals surface area contributed by atoms with Crippen LogP contribution in [0, 0.1) is 5.82 Å². The highest BCUT2D eigenvalue weighted by Gasteiger charge is 2.21. The van der Waals surface area contributed by atoms with Crippen molar-refractivity contribution in [2.24, 2.45) is 0 Å². The third kappa shape index (κ3) is 4.14. The normalized spacial score (nSPS) is 14.0. The van der Waals surface area contributed by atoms with Gasteiger partial charge in [-0.15, -0.1) is 0 Å². The lowest BCUT2D eigenvalue weighted by atomic mass is 10.1. The molecule has 1 aliphatic heterocycles. The van der Waals surface area contributed by atoms with Gasteiger partial charge in [0, 0.05) is 37.6 Å². The predicted molar refractivity (Wildman–Crippen MR) is 111 cm³/mol. The third-order valence-corrected chi connectivity index (χ3v) is 5.00. The number of hydrogen-bond donors (Lipinski definition) is 1. The van der Waals surface area contributed by atoms with Crippen LogP contribution in [0.25, 0.3) is 11.1 Å². The van der Waals surface area contributed by atoms with E-state index < -0.39 is 0 Å². The van der Waals surface area contributed by atoms with Gasteiger partial charge in [-0.1, -0.05) is 42.5 Å². The summed E-state index contributed by atoms with van der Waals surface area (Å²) in [5, 5.41) is 2.97. The van der Waals surface area contributed by atoms with Crippen molar-refractivity contribution < 1.29 is 9.18 Å². The average Bonchev–Trinajstić information content (AvgIpc) is 2.75. The van der Waals surface area contributed by atoms with Gasteiger partial charge in [0.15, 0.2) is 0 Å². The number of carbonyl (C=O) groups is 1.